The Bertz CT molecular complexity index is 156. The van der Waals surface area contributed by atoms with Gasteiger partial charge < -0.3 is 0 Å². The van der Waals surface area contributed by atoms with Crippen molar-refractivity contribution in [2.45, 2.75) is 0 Å². The van der Waals surface area contributed by atoms with E-state index in [0.717, 1.165) is 11.5 Å². The van der Waals surface area contributed by atoms with Gasteiger partial charge in [0.2, 0.25) is 0 Å². The molecule has 0 aromatic heterocycles. The first-order valence-electron chi connectivity index (χ1n) is 3.36. The number of hydrogen-bond donors (Lipinski definition) is 0. The van der Waals surface area contributed by atoms with Crippen LogP contribution in [0.25, 0.3) is 0 Å². The summed E-state index contributed by atoms with van der Waals surface area (Å²) in [7, 11) is 0. The van der Waals surface area contributed by atoms with Crippen molar-refractivity contribution >= 4 is 41.1 Å². The summed E-state index contributed by atoms with van der Waals surface area (Å²) in [6.45, 7) is 11.0. The maximum absolute atomic E-state index is 4.95. The highest BCUT2D eigenvalue weighted by atomic mass is 32.2. The topological polar surface area (TPSA) is 3.24 Å². The third kappa shape index (κ3) is 5.69. The summed E-state index contributed by atoms with van der Waals surface area (Å²) in [6, 6.07) is 0. The molecule has 0 bridgehead atoms. The van der Waals surface area contributed by atoms with Gasteiger partial charge in [0.05, 0.1) is 4.99 Å². The molecule has 0 rings (SSSR count). The maximum Gasteiger partial charge on any atom is 0.0998 e. The highest BCUT2D eigenvalue weighted by molar-refractivity contribution is 8.13. The van der Waals surface area contributed by atoms with Gasteiger partial charge in [0.15, 0.2) is 0 Å². The van der Waals surface area contributed by atoms with Crippen LogP contribution in [0.3, 0.4) is 0 Å². The lowest BCUT2D eigenvalue weighted by atomic mass is 10.8. The summed E-state index contributed by atoms with van der Waals surface area (Å²) in [5, 5.41) is 0. The smallest absolute Gasteiger partial charge is 0.0998 e. The van der Waals surface area contributed by atoms with Crippen molar-refractivity contribution < 1.29 is 0 Å². The lowest BCUT2D eigenvalue weighted by Gasteiger charge is -2.18. The molecule has 1 nitrogen and oxygen atoms in total. The third-order valence-electron chi connectivity index (χ3n) is 0.823. The van der Waals surface area contributed by atoms with E-state index in [1.54, 1.807) is 23.9 Å². The SMILES string of the molecule is [CH2]C(=S)N(SCC=C)SCC=C. The Kier molecular flexibility index (Phi) is 7.75. The van der Waals surface area contributed by atoms with E-state index in [2.05, 4.69) is 20.1 Å². The molecule has 0 amide bonds. The molecule has 0 atom stereocenters. The fourth-order valence-corrected chi connectivity index (χ4v) is 2.17. The van der Waals surface area contributed by atoms with Crippen LogP contribution in [0, 0.1) is 6.92 Å². The van der Waals surface area contributed by atoms with Crippen LogP contribution < -0.4 is 0 Å². The lowest BCUT2D eigenvalue weighted by molar-refractivity contribution is 1.17. The predicted octanol–water partition coefficient (Wildman–Crippen LogP) is 3.12. The summed E-state index contributed by atoms with van der Waals surface area (Å²) in [5.74, 6) is 1.69. The van der Waals surface area contributed by atoms with E-state index in [4.69, 9.17) is 12.2 Å². The van der Waals surface area contributed by atoms with Gasteiger partial charge in [-0.3, -0.25) is 3.71 Å². The van der Waals surface area contributed by atoms with Crippen molar-refractivity contribution in [3.63, 3.8) is 0 Å². The van der Waals surface area contributed by atoms with Crippen LogP contribution >= 0.6 is 36.1 Å². The molecule has 67 valence electrons. The number of hydrogen-bond acceptors (Lipinski definition) is 3. The largest absolute Gasteiger partial charge is 0.251 e. The van der Waals surface area contributed by atoms with Gasteiger partial charge in [-0.25, -0.2) is 0 Å². The van der Waals surface area contributed by atoms with E-state index < -0.39 is 0 Å². The van der Waals surface area contributed by atoms with Crippen LogP contribution in [0.1, 0.15) is 0 Å². The van der Waals surface area contributed by atoms with Gasteiger partial charge in [-0.2, -0.15) is 0 Å². The molecule has 0 saturated heterocycles. The average molecular weight is 218 g/mol. The van der Waals surface area contributed by atoms with Crippen molar-refractivity contribution in [1.29, 1.82) is 0 Å². The second kappa shape index (κ2) is 7.71. The van der Waals surface area contributed by atoms with Crippen molar-refractivity contribution in [2.24, 2.45) is 0 Å². The maximum atomic E-state index is 4.95. The Labute approximate surface area is 88.6 Å². The van der Waals surface area contributed by atoms with Crippen molar-refractivity contribution in [3.05, 3.63) is 32.2 Å². The second-order valence-corrected chi connectivity index (χ2v) is 4.44. The normalized spacial score (nSPS) is 9.08. The number of thiocarbonyl (C=S) groups is 1. The van der Waals surface area contributed by atoms with Crippen LogP contribution in [0.5, 0.6) is 0 Å². The van der Waals surface area contributed by atoms with Gasteiger partial charge in [-0.1, -0.05) is 24.4 Å². The first-order chi connectivity index (χ1) is 5.72. The molecule has 0 fully saturated rings. The predicted molar refractivity (Wildman–Crippen MR) is 65.1 cm³/mol. The van der Waals surface area contributed by atoms with Gasteiger partial charge in [0.1, 0.15) is 0 Å². The molecule has 0 aromatic rings. The van der Waals surface area contributed by atoms with E-state index in [9.17, 15) is 0 Å². The molecule has 4 heteroatoms. The van der Waals surface area contributed by atoms with E-state index in [-0.39, 0.29) is 0 Å². The molecular weight excluding hydrogens is 206 g/mol. The highest BCUT2D eigenvalue weighted by Crippen LogP contribution is 2.22. The van der Waals surface area contributed by atoms with Gasteiger partial charge in [-0.05, 0) is 23.9 Å². The standard InChI is InChI=1S/C8H12NS3/c1-4-6-11-9(8(3)10)12-7-5-2/h4-5H,1-3,6-7H2. The molecule has 0 saturated carbocycles. The molecule has 0 unspecified atom stereocenters. The molecule has 0 N–H and O–H groups in total. The average Bonchev–Trinajstić information content (AvgIpc) is 2.04. The van der Waals surface area contributed by atoms with Crippen molar-refractivity contribution in [3.8, 4) is 0 Å². The minimum atomic E-state index is 0.633. The van der Waals surface area contributed by atoms with Crippen LogP contribution in [-0.4, -0.2) is 20.2 Å². The first-order valence-corrected chi connectivity index (χ1v) is 5.65. The van der Waals surface area contributed by atoms with Crippen LogP contribution in [0.2, 0.25) is 0 Å². The van der Waals surface area contributed by atoms with E-state index in [1.807, 2.05) is 15.9 Å². The van der Waals surface area contributed by atoms with Gasteiger partial charge in [-0.15, -0.1) is 13.2 Å². The minimum absolute atomic E-state index is 0.633. The van der Waals surface area contributed by atoms with Crippen LogP contribution in [-0.2, 0) is 0 Å². The van der Waals surface area contributed by atoms with Crippen molar-refractivity contribution in [2.75, 3.05) is 11.5 Å². The summed E-state index contributed by atoms with van der Waals surface area (Å²) >= 11 is 8.14. The summed E-state index contributed by atoms with van der Waals surface area (Å²) < 4.78 is 1.90. The molecule has 0 aliphatic rings. The van der Waals surface area contributed by atoms with Gasteiger partial charge in [0, 0.05) is 18.4 Å². The van der Waals surface area contributed by atoms with Gasteiger partial charge in [0.25, 0.3) is 0 Å². The zero-order chi connectivity index (χ0) is 9.40. The highest BCUT2D eigenvalue weighted by Gasteiger charge is 2.04. The summed E-state index contributed by atoms with van der Waals surface area (Å²) in [4.78, 5) is 0.633. The molecule has 0 aliphatic heterocycles. The fraction of sp³-hybridized carbons (Fsp3) is 0.250. The molecule has 0 aliphatic carbocycles. The van der Waals surface area contributed by atoms with Crippen LogP contribution in [0.4, 0.5) is 0 Å². The Morgan fingerprint density at radius 2 is 1.67 bits per heavy atom. The molecule has 0 aromatic carbocycles. The quantitative estimate of drug-likeness (QED) is 0.382. The lowest BCUT2D eigenvalue weighted by Crippen LogP contribution is -2.12. The number of rotatable bonds is 6. The Morgan fingerprint density at radius 3 is 1.92 bits per heavy atom. The Hall–Kier alpha value is 0.0700. The second-order valence-electron chi connectivity index (χ2n) is 1.82. The third-order valence-corrected chi connectivity index (χ3v) is 3.55. The molecule has 1 radical (unpaired) electrons. The molecule has 12 heavy (non-hydrogen) atoms. The zero-order valence-corrected chi connectivity index (χ0v) is 9.31. The van der Waals surface area contributed by atoms with E-state index >= 15 is 0 Å². The van der Waals surface area contributed by atoms with Gasteiger partial charge >= 0.3 is 0 Å². The molecule has 0 heterocycles. The summed E-state index contributed by atoms with van der Waals surface area (Å²) in [5.41, 5.74) is 0. The minimum Gasteiger partial charge on any atom is -0.251 e. The van der Waals surface area contributed by atoms with E-state index in [1.165, 1.54) is 0 Å². The first kappa shape index (κ1) is 12.1. The fourth-order valence-electron chi connectivity index (χ4n) is 0.422. The van der Waals surface area contributed by atoms with Crippen LogP contribution in [0.15, 0.2) is 25.3 Å². The van der Waals surface area contributed by atoms with E-state index in [0.29, 0.717) is 4.99 Å². The monoisotopic (exact) mass is 218 g/mol. The Balaban J connectivity index is 3.77. The molecule has 0 spiro atoms. The number of nitrogens with zero attached hydrogens (tertiary/aromatic N) is 1. The zero-order valence-electron chi connectivity index (χ0n) is 6.86. The Morgan fingerprint density at radius 1 is 1.25 bits per heavy atom. The molecular formula is C8H12NS3. The van der Waals surface area contributed by atoms with Crippen molar-refractivity contribution in [1.82, 2.24) is 3.71 Å². The summed E-state index contributed by atoms with van der Waals surface area (Å²) in [6.07, 6.45) is 3.68.